The van der Waals surface area contributed by atoms with Gasteiger partial charge in [-0.25, -0.2) is 0 Å². The molecule has 0 N–H and O–H groups in total. The summed E-state index contributed by atoms with van der Waals surface area (Å²) in [6.45, 7) is 0. The molecule has 0 amide bonds. The quantitative estimate of drug-likeness (QED) is 0.779. The zero-order valence-electron chi connectivity index (χ0n) is 9.91. The summed E-state index contributed by atoms with van der Waals surface area (Å²) in [5, 5.41) is 9.16. The lowest BCUT2D eigenvalue weighted by molar-refractivity contribution is -0.137. The van der Waals surface area contributed by atoms with E-state index < -0.39 is 11.7 Å². The van der Waals surface area contributed by atoms with Crippen LogP contribution in [0.2, 0.25) is 5.02 Å². The van der Waals surface area contributed by atoms with Gasteiger partial charge < -0.3 is 4.74 Å². The van der Waals surface area contributed by atoms with Crippen LogP contribution in [0.15, 0.2) is 42.5 Å². The van der Waals surface area contributed by atoms with Gasteiger partial charge in [-0.1, -0.05) is 23.7 Å². The number of benzene rings is 2. The van der Waals surface area contributed by atoms with E-state index in [0.717, 1.165) is 18.2 Å². The molecule has 102 valence electrons. The standard InChI is InChI=1S/C14H7ClF3NO/c15-11-3-1-2-4-12(11)20-13-7-10(14(16,17)18)6-5-9(13)8-19/h1-7H. The van der Waals surface area contributed by atoms with Gasteiger partial charge in [0.15, 0.2) is 0 Å². The molecule has 0 spiro atoms. The SMILES string of the molecule is N#Cc1ccc(C(F)(F)F)cc1Oc1ccccc1Cl. The van der Waals surface area contributed by atoms with Crippen molar-refractivity contribution in [3.8, 4) is 17.6 Å². The molecule has 0 bridgehead atoms. The van der Waals surface area contributed by atoms with Crippen molar-refractivity contribution >= 4 is 11.6 Å². The fraction of sp³-hybridized carbons (Fsp3) is 0.0714. The Morgan fingerprint density at radius 2 is 1.75 bits per heavy atom. The van der Waals surface area contributed by atoms with Gasteiger partial charge in [0.1, 0.15) is 17.6 Å². The summed E-state index contributed by atoms with van der Waals surface area (Å²) in [4.78, 5) is 0. The highest BCUT2D eigenvalue weighted by Crippen LogP contribution is 2.36. The molecule has 2 nitrogen and oxygen atoms in total. The van der Waals surface area contributed by atoms with E-state index in [-0.39, 0.29) is 22.1 Å². The Hall–Kier alpha value is -2.19. The van der Waals surface area contributed by atoms with Gasteiger partial charge in [-0.15, -0.1) is 0 Å². The van der Waals surface area contributed by atoms with E-state index in [2.05, 4.69) is 0 Å². The summed E-state index contributed by atoms with van der Waals surface area (Å²) in [6, 6.07) is 10.8. The summed E-state index contributed by atoms with van der Waals surface area (Å²) in [5.41, 5.74) is -0.892. The largest absolute Gasteiger partial charge is 0.454 e. The Bertz CT molecular complexity index is 677. The maximum absolute atomic E-state index is 12.7. The smallest absolute Gasteiger partial charge is 0.416 e. The van der Waals surface area contributed by atoms with Crippen LogP contribution in [0.1, 0.15) is 11.1 Å². The minimum Gasteiger partial charge on any atom is -0.454 e. The number of alkyl halides is 3. The van der Waals surface area contributed by atoms with Crippen molar-refractivity contribution < 1.29 is 17.9 Å². The number of rotatable bonds is 2. The molecule has 0 radical (unpaired) electrons. The zero-order chi connectivity index (χ0) is 14.8. The number of hydrogen-bond acceptors (Lipinski definition) is 2. The monoisotopic (exact) mass is 297 g/mol. The minimum atomic E-state index is -4.51. The molecule has 0 fully saturated rings. The molecular weight excluding hydrogens is 291 g/mol. The fourth-order valence-electron chi connectivity index (χ4n) is 1.52. The lowest BCUT2D eigenvalue weighted by Gasteiger charge is -2.12. The van der Waals surface area contributed by atoms with Crippen molar-refractivity contribution in [2.24, 2.45) is 0 Å². The first-order chi connectivity index (χ1) is 9.41. The Morgan fingerprint density at radius 1 is 1.05 bits per heavy atom. The first-order valence-electron chi connectivity index (χ1n) is 5.45. The Kier molecular flexibility index (Phi) is 3.86. The van der Waals surface area contributed by atoms with Gasteiger partial charge in [-0.05, 0) is 30.3 Å². The Morgan fingerprint density at radius 3 is 2.35 bits per heavy atom. The van der Waals surface area contributed by atoms with Crippen molar-refractivity contribution in [2.45, 2.75) is 6.18 Å². The predicted octanol–water partition coefficient (Wildman–Crippen LogP) is 5.02. The molecule has 0 saturated carbocycles. The van der Waals surface area contributed by atoms with Gasteiger partial charge in [0.2, 0.25) is 0 Å². The average Bonchev–Trinajstić information content (AvgIpc) is 2.40. The van der Waals surface area contributed by atoms with Gasteiger partial charge in [-0.2, -0.15) is 18.4 Å². The van der Waals surface area contributed by atoms with Gasteiger partial charge in [0, 0.05) is 0 Å². The minimum absolute atomic E-state index is 0.00193. The van der Waals surface area contributed by atoms with Gasteiger partial charge >= 0.3 is 6.18 Å². The first-order valence-corrected chi connectivity index (χ1v) is 5.83. The highest BCUT2D eigenvalue weighted by molar-refractivity contribution is 6.32. The van der Waals surface area contributed by atoms with Crippen LogP contribution in [0.5, 0.6) is 11.5 Å². The number of nitrogens with zero attached hydrogens (tertiary/aromatic N) is 1. The third kappa shape index (κ3) is 3.03. The summed E-state index contributed by atoms with van der Waals surface area (Å²) in [7, 11) is 0. The number of para-hydroxylation sites is 1. The van der Waals surface area contributed by atoms with E-state index in [9.17, 15) is 13.2 Å². The summed E-state index contributed by atoms with van der Waals surface area (Å²) in [5.74, 6) is 0.000385. The maximum atomic E-state index is 12.7. The molecule has 0 unspecified atom stereocenters. The molecule has 6 heteroatoms. The lowest BCUT2D eigenvalue weighted by atomic mass is 10.1. The predicted molar refractivity (Wildman–Crippen MR) is 67.7 cm³/mol. The second-order valence-corrected chi connectivity index (χ2v) is 4.26. The molecular formula is C14H7ClF3NO. The molecule has 0 aliphatic rings. The zero-order valence-corrected chi connectivity index (χ0v) is 10.7. The van der Waals surface area contributed by atoms with E-state index >= 15 is 0 Å². The normalized spacial score (nSPS) is 10.9. The summed E-state index contributed by atoms with van der Waals surface area (Å²) >= 11 is 5.87. The van der Waals surface area contributed by atoms with E-state index in [1.165, 1.54) is 12.1 Å². The number of halogens is 4. The van der Waals surface area contributed by atoms with Gasteiger partial charge in [-0.3, -0.25) is 0 Å². The number of nitriles is 1. The van der Waals surface area contributed by atoms with Crippen LogP contribution in [0.4, 0.5) is 13.2 Å². The van der Waals surface area contributed by atoms with E-state index in [1.807, 2.05) is 0 Å². The molecule has 2 aromatic carbocycles. The van der Waals surface area contributed by atoms with Crippen molar-refractivity contribution in [1.29, 1.82) is 5.26 Å². The van der Waals surface area contributed by atoms with Crippen LogP contribution < -0.4 is 4.74 Å². The highest BCUT2D eigenvalue weighted by atomic mass is 35.5. The van der Waals surface area contributed by atoms with Crippen molar-refractivity contribution in [1.82, 2.24) is 0 Å². The molecule has 2 rings (SSSR count). The van der Waals surface area contributed by atoms with Crippen LogP contribution in [0.3, 0.4) is 0 Å². The molecule has 2 aromatic rings. The number of hydrogen-bond donors (Lipinski definition) is 0. The van der Waals surface area contributed by atoms with Crippen molar-refractivity contribution in [2.75, 3.05) is 0 Å². The molecule has 0 aromatic heterocycles. The van der Waals surface area contributed by atoms with Crippen molar-refractivity contribution in [3.05, 3.63) is 58.6 Å². The molecule has 0 saturated heterocycles. The third-order valence-electron chi connectivity index (χ3n) is 2.49. The van der Waals surface area contributed by atoms with Crippen LogP contribution in [0.25, 0.3) is 0 Å². The molecule has 0 heterocycles. The number of ether oxygens (including phenoxy) is 1. The first kappa shape index (κ1) is 14.2. The van der Waals surface area contributed by atoms with Crippen LogP contribution in [-0.4, -0.2) is 0 Å². The maximum Gasteiger partial charge on any atom is 0.416 e. The van der Waals surface area contributed by atoms with E-state index in [4.69, 9.17) is 21.6 Å². The lowest BCUT2D eigenvalue weighted by Crippen LogP contribution is -2.05. The van der Waals surface area contributed by atoms with Crippen LogP contribution >= 0.6 is 11.6 Å². The van der Waals surface area contributed by atoms with Crippen LogP contribution in [-0.2, 0) is 6.18 Å². The second kappa shape index (κ2) is 5.43. The van der Waals surface area contributed by atoms with Gasteiger partial charge in [0.05, 0.1) is 16.1 Å². The molecule has 0 atom stereocenters. The summed E-state index contributed by atoms with van der Waals surface area (Å²) in [6.07, 6.45) is -4.51. The van der Waals surface area contributed by atoms with Gasteiger partial charge in [0.25, 0.3) is 0 Å². The van der Waals surface area contributed by atoms with E-state index in [0.29, 0.717) is 0 Å². The molecule has 0 aliphatic heterocycles. The average molecular weight is 298 g/mol. The Labute approximate surface area is 118 Å². The molecule has 0 aliphatic carbocycles. The highest BCUT2D eigenvalue weighted by Gasteiger charge is 2.31. The van der Waals surface area contributed by atoms with Crippen molar-refractivity contribution in [3.63, 3.8) is 0 Å². The van der Waals surface area contributed by atoms with Crippen LogP contribution in [0, 0.1) is 11.3 Å². The summed E-state index contributed by atoms with van der Waals surface area (Å²) < 4.78 is 43.3. The second-order valence-electron chi connectivity index (χ2n) is 3.85. The topological polar surface area (TPSA) is 33.0 Å². The van der Waals surface area contributed by atoms with E-state index in [1.54, 1.807) is 18.2 Å². The fourth-order valence-corrected chi connectivity index (χ4v) is 1.70. The molecule has 20 heavy (non-hydrogen) atoms. The Balaban J connectivity index is 2.45. The third-order valence-corrected chi connectivity index (χ3v) is 2.80.